The fraction of sp³-hybridized carbons (Fsp3) is 0.286. The van der Waals surface area contributed by atoms with Crippen molar-refractivity contribution >= 4 is 17.4 Å². The summed E-state index contributed by atoms with van der Waals surface area (Å²) in [6.45, 7) is 1.81. The van der Waals surface area contributed by atoms with Crippen molar-refractivity contribution in [3.8, 4) is 11.4 Å². The van der Waals surface area contributed by atoms with Crippen molar-refractivity contribution in [3.63, 3.8) is 0 Å². The molecule has 7 nitrogen and oxygen atoms in total. The molecule has 1 saturated carbocycles. The molecule has 1 amide bonds. The average molecular weight is 283 g/mol. The van der Waals surface area contributed by atoms with Gasteiger partial charge in [0.2, 0.25) is 5.91 Å². The van der Waals surface area contributed by atoms with Gasteiger partial charge in [-0.1, -0.05) is 0 Å². The number of aryl methyl sites for hydroxylation is 1. The summed E-state index contributed by atoms with van der Waals surface area (Å²) in [5, 5.41) is 7.17. The zero-order valence-corrected chi connectivity index (χ0v) is 11.4. The highest BCUT2D eigenvalue weighted by atomic mass is 16.3. The van der Waals surface area contributed by atoms with Crippen LogP contribution in [0.25, 0.3) is 17.0 Å². The molecule has 0 saturated heterocycles. The van der Waals surface area contributed by atoms with E-state index in [4.69, 9.17) is 4.42 Å². The lowest BCUT2D eigenvalue weighted by Gasteiger charge is -2.06. The van der Waals surface area contributed by atoms with Gasteiger partial charge in [-0.05, 0) is 25.8 Å². The second-order valence-corrected chi connectivity index (χ2v) is 5.17. The number of hydrogen-bond donors (Lipinski definition) is 1. The maximum atomic E-state index is 11.9. The van der Waals surface area contributed by atoms with Crippen molar-refractivity contribution in [2.24, 2.45) is 5.92 Å². The molecule has 0 aromatic carbocycles. The van der Waals surface area contributed by atoms with E-state index in [1.165, 1.54) is 0 Å². The second-order valence-electron chi connectivity index (χ2n) is 5.17. The topological polar surface area (TPSA) is 85.3 Å². The van der Waals surface area contributed by atoms with E-state index in [0.29, 0.717) is 23.1 Å². The number of furan rings is 1. The number of carbonyl (C=O) groups excluding carboxylic acids is 1. The number of rotatable bonds is 3. The van der Waals surface area contributed by atoms with Crippen LogP contribution in [-0.2, 0) is 4.79 Å². The number of fused-ring (bicyclic) bond motifs is 1. The van der Waals surface area contributed by atoms with Crippen LogP contribution in [0.1, 0.15) is 18.7 Å². The van der Waals surface area contributed by atoms with Crippen molar-refractivity contribution in [1.29, 1.82) is 0 Å². The van der Waals surface area contributed by atoms with Gasteiger partial charge in [-0.3, -0.25) is 4.79 Å². The van der Waals surface area contributed by atoms with Crippen LogP contribution in [0.15, 0.2) is 29.1 Å². The zero-order chi connectivity index (χ0) is 14.4. The van der Waals surface area contributed by atoms with Gasteiger partial charge in [0.15, 0.2) is 11.5 Å². The second kappa shape index (κ2) is 4.41. The Morgan fingerprint density at radius 3 is 3.00 bits per heavy atom. The quantitative estimate of drug-likeness (QED) is 0.795. The van der Waals surface area contributed by atoms with Crippen LogP contribution in [0.3, 0.4) is 0 Å². The molecule has 1 fully saturated rings. The number of hydrogen-bond acceptors (Lipinski definition) is 5. The first kappa shape index (κ1) is 12.1. The number of carbonyl (C=O) groups is 1. The van der Waals surface area contributed by atoms with Gasteiger partial charge >= 0.3 is 0 Å². The van der Waals surface area contributed by atoms with Gasteiger partial charge in [0.05, 0.1) is 11.8 Å². The minimum Gasteiger partial charge on any atom is -0.472 e. The van der Waals surface area contributed by atoms with E-state index in [0.717, 1.165) is 18.4 Å². The Morgan fingerprint density at radius 1 is 1.43 bits per heavy atom. The Labute approximate surface area is 120 Å². The molecule has 0 radical (unpaired) electrons. The van der Waals surface area contributed by atoms with Crippen LogP contribution in [0.2, 0.25) is 0 Å². The molecule has 3 aromatic rings. The predicted octanol–water partition coefficient (Wildman–Crippen LogP) is 2.04. The molecule has 21 heavy (non-hydrogen) atoms. The van der Waals surface area contributed by atoms with Gasteiger partial charge in [0, 0.05) is 12.0 Å². The summed E-state index contributed by atoms with van der Waals surface area (Å²) in [7, 11) is 0. The summed E-state index contributed by atoms with van der Waals surface area (Å²) >= 11 is 0. The number of nitrogens with one attached hydrogen (secondary N) is 1. The van der Waals surface area contributed by atoms with Gasteiger partial charge in [0.25, 0.3) is 0 Å². The van der Waals surface area contributed by atoms with Crippen molar-refractivity contribution in [1.82, 2.24) is 19.6 Å². The van der Waals surface area contributed by atoms with Crippen LogP contribution < -0.4 is 5.32 Å². The number of amides is 1. The summed E-state index contributed by atoms with van der Waals surface area (Å²) in [5.74, 6) is 1.87. The van der Waals surface area contributed by atoms with E-state index in [2.05, 4.69) is 20.4 Å². The lowest BCUT2D eigenvalue weighted by atomic mass is 10.3. The fourth-order valence-electron chi connectivity index (χ4n) is 2.21. The Balaban J connectivity index is 1.82. The number of nitrogens with zero attached hydrogens (tertiary/aromatic N) is 4. The SMILES string of the molecule is Cc1nc2cc(NC(=O)C3CC3)nc(-c3ccoc3)n2n1. The monoisotopic (exact) mass is 283 g/mol. The molecule has 1 N–H and O–H groups in total. The van der Waals surface area contributed by atoms with Gasteiger partial charge in [-0.15, -0.1) is 5.10 Å². The standard InChI is InChI=1S/C14H13N5O2/c1-8-15-12-6-11(17-14(20)9-2-3-9)16-13(19(12)18-8)10-4-5-21-7-10/h4-7,9H,2-3H2,1H3,(H,17,20). The number of aromatic nitrogens is 4. The van der Waals surface area contributed by atoms with Crippen molar-refractivity contribution in [3.05, 3.63) is 30.5 Å². The van der Waals surface area contributed by atoms with E-state index >= 15 is 0 Å². The van der Waals surface area contributed by atoms with Gasteiger partial charge in [-0.25, -0.2) is 9.97 Å². The zero-order valence-electron chi connectivity index (χ0n) is 11.4. The third kappa shape index (κ3) is 2.16. The molecular formula is C14H13N5O2. The lowest BCUT2D eigenvalue weighted by Crippen LogP contribution is -2.15. The van der Waals surface area contributed by atoms with E-state index < -0.39 is 0 Å². The first-order chi connectivity index (χ1) is 10.2. The first-order valence-electron chi connectivity index (χ1n) is 6.78. The summed E-state index contributed by atoms with van der Waals surface area (Å²) in [5.41, 5.74) is 1.43. The molecule has 1 aliphatic carbocycles. The molecule has 3 heterocycles. The maximum Gasteiger partial charge on any atom is 0.228 e. The minimum atomic E-state index is 0.0150. The molecule has 106 valence electrons. The largest absolute Gasteiger partial charge is 0.472 e. The normalized spacial score (nSPS) is 14.5. The molecule has 3 aromatic heterocycles. The lowest BCUT2D eigenvalue weighted by molar-refractivity contribution is -0.117. The summed E-state index contributed by atoms with van der Waals surface area (Å²) in [6.07, 6.45) is 5.06. The Bertz CT molecular complexity index is 817. The third-order valence-corrected chi connectivity index (χ3v) is 3.41. The molecule has 0 bridgehead atoms. The van der Waals surface area contributed by atoms with Crippen molar-refractivity contribution in [2.45, 2.75) is 19.8 Å². The highest BCUT2D eigenvalue weighted by molar-refractivity contribution is 5.93. The Hall–Kier alpha value is -2.70. The molecule has 0 atom stereocenters. The van der Waals surface area contributed by atoms with Crippen molar-refractivity contribution < 1.29 is 9.21 Å². The Kier molecular flexibility index (Phi) is 2.53. The fourth-order valence-corrected chi connectivity index (χ4v) is 2.21. The molecule has 1 aliphatic rings. The highest BCUT2D eigenvalue weighted by Crippen LogP contribution is 2.30. The van der Waals surface area contributed by atoms with Crippen LogP contribution in [0, 0.1) is 12.8 Å². The van der Waals surface area contributed by atoms with Crippen molar-refractivity contribution in [2.75, 3.05) is 5.32 Å². The molecule has 0 aliphatic heterocycles. The molecule has 0 unspecified atom stereocenters. The van der Waals surface area contributed by atoms with Crippen LogP contribution in [-0.4, -0.2) is 25.5 Å². The average Bonchev–Trinajstić information content (AvgIpc) is 3.03. The van der Waals surface area contributed by atoms with E-state index in [9.17, 15) is 4.79 Å². The molecule has 7 heteroatoms. The van der Waals surface area contributed by atoms with Gasteiger partial charge in [-0.2, -0.15) is 4.52 Å². The summed E-state index contributed by atoms with van der Waals surface area (Å²) < 4.78 is 6.75. The van der Waals surface area contributed by atoms with Crippen LogP contribution in [0.4, 0.5) is 5.82 Å². The first-order valence-corrected chi connectivity index (χ1v) is 6.78. The molecule has 4 rings (SSSR count). The molecular weight excluding hydrogens is 270 g/mol. The van der Waals surface area contributed by atoms with Crippen LogP contribution in [0.5, 0.6) is 0 Å². The minimum absolute atomic E-state index is 0.0150. The number of anilines is 1. The Morgan fingerprint density at radius 2 is 2.29 bits per heavy atom. The predicted molar refractivity (Wildman–Crippen MR) is 74.6 cm³/mol. The molecule has 0 spiro atoms. The van der Waals surface area contributed by atoms with E-state index in [1.807, 2.05) is 6.92 Å². The van der Waals surface area contributed by atoms with Crippen LogP contribution >= 0.6 is 0 Å². The summed E-state index contributed by atoms with van der Waals surface area (Å²) in [6, 6.07) is 3.52. The summed E-state index contributed by atoms with van der Waals surface area (Å²) in [4.78, 5) is 20.7. The van der Waals surface area contributed by atoms with E-state index in [-0.39, 0.29) is 11.8 Å². The van der Waals surface area contributed by atoms with E-state index in [1.54, 1.807) is 29.2 Å². The van der Waals surface area contributed by atoms with Gasteiger partial charge < -0.3 is 9.73 Å². The maximum absolute atomic E-state index is 11.9. The highest BCUT2D eigenvalue weighted by Gasteiger charge is 2.30. The third-order valence-electron chi connectivity index (χ3n) is 3.41. The van der Waals surface area contributed by atoms with Gasteiger partial charge in [0.1, 0.15) is 17.9 Å². The smallest absolute Gasteiger partial charge is 0.228 e.